The van der Waals surface area contributed by atoms with E-state index in [4.69, 9.17) is 5.73 Å². The zero-order valence-corrected chi connectivity index (χ0v) is 9.40. The highest BCUT2D eigenvalue weighted by Gasteiger charge is 2.17. The van der Waals surface area contributed by atoms with Gasteiger partial charge in [-0.2, -0.15) is 0 Å². The summed E-state index contributed by atoms with van der Waals surface area (Å²) in [6, 6.07) is 9.18. The molecule has 82 valence electrons. The average molecular weight is 214 g/mol. The van der Waals surface area contributed by atoms with Gasteiger partial charge in [-0.25, -0.2) is 0 Å². The summed E-state index contributed by atoms with van der Waals surface area (Å²) in [5, 5.41) is 0. The van der Waals surface area contributed by atoms with Crippen molar-refractivity contribution in [3.63, 3.8) is 0 Å². The molecule has 2 aromatic rings. The van der Waals surface area contributed by atoms with Crippen molar-refractivity contribution in [3.8, 4) is 0 Å². The summed E-state index contributed by atoms with van der Waals surface area (Å²) >= 11 is 0. The van der Waals surface area contributed by atoms with Crippen molar-refractivity contribution in [3.05, 3.63) is 53.3 Å². The first-order valence-corrected chi connectivity index (χ1v) is 5.12. The predicted molar refractivity (Wildman–Crippen MR) is 64.4 cm³/mol. The van der Waals surface area contributed by atoms with E-state index in [0.717, 1.165) is 5.69 Å². The summed E-state index contributed by atoms with van der Waals surface area (Å²) in [7, 11) is 1.88. The molecule has 0 bridgehead atoms. The van der Waals surface area contributed by atoms with E-state index in [9.17, 15) is 4.79 Å². The van der Waals surface area contributed by atoms with Crippen LogP contribution in [0.1, 0.15) is 21.6 Å². The molecule has 0 unspecified atom stereocenters. The highest BCUT2D eigenvalue weighted by Crippen LogP contribution is 2.21. The molecule has 3 nitrogen and oxygen atoms in total. The van der Waals surface area contributed by atoms with E-state index in [-0.39, 0.29) is 5.78 Å². The lowest BCUT2D eigenvalue weighted by Gasteiger charge is -2.02. The van der Waals surface area contributed by atoms with Crippen molar-refractivity contribution in [2.24, 2.45) is 7.05 Å². The molecule has 0 aliphatic rings. The summed E-state index contributed by atoms with van der Waals surface area (Å²) in [6.45, 7) is 1.90. The fourth-order valence-electron chi connectivity index (χ4n) is 1.78. The van der Waals surface area contributed by atoms with E-state index in [1.54, 1.807) is 18.3 Å². The van der Waals surface area contributed by atoms with Gasteiger partial charge in [0, 0.05) is 24.5 Å². The van der Waals surface area contributed by atoms with Gasteiger partial charge in [0.2, 0.25) is 0 Å². The number of benzene rings is 1. The first kappa shape index (κ1) is 10.5. The van der Waals surface area contributed by atoms with E-state index < -0.39 is 0 Å². The van der Waals surface area contributed by atoms with Gasteiger partial charge in [-0.1, -0.05) is 30.3 Å². The summed E-state index contributed by atoms with van der Waals surface area (Å²) in [5.74, 6) is -0.0174. The minimum atomic E-state index is -0.0174. The summed E-state index contributed by atoms with van der Waals surface area (Å²) < 4.78 is 1.87. The third-order valence-corrected chi connectivity index (χ3v) is 2.78. The molecule has 0 radical (unpaired) electrons. The van der Waals surface area contributed by atoms with Crippen LogP contribution in [0, 0.1) is 6.92 Å². The number of nitrogens with two attached hydrogens (primary N) is 1. The third kappa shape index (κ3) is 1.60. The topological polar surface area (TPSA) is 48.0 Å². The first-order valence-electron chi connectivity index (χ1n) is 5.12. The number of nitrogen functional groups attached to an aromatic ring is 1. The van der Waals surface area contributed by atoms with Crippen LogP contribution >= 0.6 is 0 Å². The van der Waals surface area contributed by atoms with E-state index in [1.807, 2.05) is 36.7 Å². The van der Waals surface area contributed by atoms with Gasteiger partial charge in [-0.15, -0.1) is 0 Å². The van der Waals surface area contributed by atoms with Crippen molar-refractivity contribution in [1.82, 2.24) is 4.57 Å². The summed E-state index contributed by atoms with van der Waals surface area (Å²) in [4.78, 5) is 12.2. The number of aryl methyl sites for hydroxylation is 1. The molecule has 0 atom stereocenters. The molecule has 16 heavy (non-hydrogen) atoms. The number of hydrogen-bond acceptors (Lipinski definition) is 2. The predicted octanol–water partition coefficient (Wildman–Crippen LogP) is 2.15. The molecule has 0 spiro atoms. The van der Waals surface area contributed by atoms with Crippen LogP contribution in [0.25, 0.3) is 0 Å². The number of anilines is 1. The minimum Gasteiger partial charge on any atom is -0.397 e. The van der Waals surface area contributed by atoms with E-state index in [2.05, 4.69) is 0 Å². The fraction of sp³-hybridized carbons (Fsp3) is 0.154. The van der Waals surface area contributed by atoms with Crippen LogP contribution in [0.2, 0.25) is 0 Å². The summed E-state index contributed by atoms with van der Waals surface area (Å²) in [5.41, 5.74) is 8.54. The van der Waals surface area contributed by atoms with Crippen molar-refractivity contribution in [1.29, 1.82) is 0 Å². The second-order valence-corrected chi connectivity index (χ2v) is 3.85. The molecule has 0 amide bonds. The Morgan fingerprint density at radius 1 is 1.25 bits per heavy atom. The van der Waals surface area contributed by atoms with Gasteiger partial charge in [0.1, 0.15) is 0 Å². The lowest BCUT2D eigenvalue weighted by atomic mass is 10.0. The maximum atomic E-state index is 12.2. The Bertz CT molecular complexity index is 526. The first-order chi connectivity index (χ1) is 7.61. The van der Waals surface area contributed by atoms with Gasteiger partial charge in [-0.05, 0) is 6.92 Å². The fourth-order valence-corrected chi connectivity index (χ4v) is 1.78. The summed E-state index contributed by atoms with van der Waals surface area (Å²) in [6.07, 6.45) is 1.77. The van der Waals surface area contributed by atoms with Gasteiger partial charge in [-0.3, -0.25) is 4.79 Å². The number of aromatic nitrogens is 1. The highest BCUT2D eigenvalue weighted by atomic mass is 16.1. The normalized spacial score (nSPS) is 10.4. The number of hydrogen-bond donors (Lipinski definition) is 1. The smallest absolute Gasteiger partial charge is 0.196 e. The molecule has 0 saturated heterocycles. The number of ketones is 1. The molecular weight excluding hydrogens is 200 g/mol. The van der Waals surface area contributed by atoms with Crippen molar-refractivity contribution in [2.75, 3.05) is 5.73 Å². The molecular formula is C13H14N2O. The zero-order chi connectivity index (χ0) is 11.7. The lowest BCUT2D eigenvalue weighted by molar-refractivity contribution is 0.103. The van der Waals surface area contributed by atoms with Crippen molar-refractivity contribution >= 4 is 11.5 Å². The van der Waals surface area contributed by atoms with E-state index >= 15 is 0 Å². The molecule has 1 heterocycles. The van der Waals surface area contributed by atoms with Gasteiger partial charge < -0.3 is 10.3 Å². The maximum absolute atomic E-state index is 12.2. The van der Waals surface area contributed by atoms with Gasteiger partial charge in [0.15, 0.2) is 5.78 Å². The molecule has 1 aromatic carbocycles. The Morgan fingerprint density at radius 2 is 1.88 bits per heavy atom. The second kappa shape index (κ2) is 3.85. The number of nitrogens with zero attached hydrogens (tertiary/aromatic N) is 1. The second-order valence-electron chi connectivity index (χ2n) is 3.85. The molecule has 0 saturated carbocycles. The van der Waals surface area contributed by atoms with Crippen LogP contribution in [-0.2, 0) is 7.05 Å². The number of rotatable bonds is 2. The monoisotopic (exact) mass is 214 g/mol. The van der Waals surface area contributed by atoms with Gasteiger partial charge in [0.25, 0.3) is 0 Å². The third-order valence-electron chi connectivity index (χ3n) is 2.78. The standard InChI is InChI=1S/C13H14N2O/c1-9-12(11(14)8-15(9)2)13(16)10-6-4-3-5-7-10/h3-8H,14H2,1-2H3. The Balaban J connectivity index is 2.50. The van der Waals surface area contributed by atoms with Crippen LogP contribution in [0.4, 0.5) is 5.69 Å². The van der Waals surface area contributed by atoms with Crippen molar-refractivity contribution in [2.45, 2.75) is 6.92 Å². The molecule has 0 aliphatic heterocycles. The molecule has 1 aromatic heterocycles. The highest BCUT2D eigenvalue weighted by molar-refractivity contribution is 6.12. The molecule has 0 aliphatic carbocycles. The molecule has 2 N–H and O–H groups in total. The quantitative estimate of drug-likeness (QED) is 0.779. The van der Waals surface area contributed by atoms with E-state index in [0.29, 0.717) is 16.8 Å². The van der Waals surface area contributed by atoms with Gasteiger partial charge >= 0.3 is 0 Å². The number of carbonyl (C=O) groups is 1. The Kier molecular flexibility index (Phi) is 2.52. The van der Waals surface area contributed by atoms with Crippen molar-refractivity contribution < 1.29 is 4.79 Å². The Hall–Kier alpha value is -2.03. The zero-order valence-electron chi connectivity index (χ0n) is 9.40. The Morgan fingerprint density at radius 3 is 2.38 bits per heavy atom. The molecule has 2 rings (SSSR count). The minimum absolute atomic E-state index is 0.0174. The number of carbonyl (C=O) groups excluding carboxylic acids is 1. The van der Waals surface area contributed by atoms with Crippen LogP contribution in [0.15, 0.2) is 36.5 Å². The average Bonchev–Trinajstić information content (AvgIpc) is 2.54. The van der Waals surface area contributed by atoms with E-state index in [1.165, 1.54) is 0 Å². The maximum Gasteiger partial charge on any atom is 0.196 e. The largest absolute Gasteiger partial charge is 0.397 e. The van der Waals surface area contributed by atoms with Crippen LogP contribution in [0.5, 0.6) is 0 Å². The molecule has 0 fully saturated rings. The van der Waals surface area contributed by atoms with Crippen LogP contribution in [-0.4, -0.2) is 10.4 Å². The lowest BCUT2D eigenvalue weighted by Crippen LogP contribution is -2.05. The SMILES string of the molecule is Cc1c(C(=O)c2ccccc2)c(N)cn1C. The van der Waals surface area contributed by atoms with Crippen LogP contribution in [0.3, 0.4) is 0 Å². The Labute approximate surface area is 94.5 Å². The van der Waals surface area contributed by atoms with Gasteiger partial charge in [0.05, 0.1) is 11.3 Å². The van der Waals surface area contributed by atoms with Crippen LogP contribution < -0.4 is 5.73 Å². The molecule has 3 heteroatoms.